The molecule has 0 spiro atoms. The van der Waals surface area contributed by atoms with Crippen molar-refractivity contribution in [2.75, 3.05) is 4.90 Å². The first-order chi connectivity index (χ1) is 15.7. The van der Waals surface area contributed by atoms with Gasteiger partial charge in [0.05, 0.1) is 5.69 Å². The van der Waals surface area contributed by atoms with E-state index in [-0.39, 0.29) is 17.1 Å². The molecule has 1 aliphatic heterocycles. The standard InChI is InChI=1S/C25H17BrClFN2O3/c1-14-5-8-19(13-22(14)27)30-24(32)20(23(31)29-25(30)33)11-16-6-7-17(21(26)12-16)9-15-3-2-4-18(28)10-15/h2-8,10-13H,9H2,1H3,(H,29,31,33)/b20-11+. The summed E-state index contributed by atoms with van der Waals surface area (Å²) in [4.78, 5) is 38.7. The zero-order valence-electron chi connectivity index (χ0n) is 17.4. The lowest BCUT2D eigenvalue weighted by atomic mass is 10.0. The first kappa shape index (κ1) is 22.9. The first-order valence-corrected chi connectivity index (χ1v) is 11.1. The Kier molecular flexibility index (Phi) is 6.44. The van der Waals surface area contributed by atoms with Crippen LogP contribution in [0, 0.1) is 12.7 Å². The van der Waals surface area contributed by atoms with E-state index >= 15 is 0 Å². The predicted molar refractivity (Wildman–Crippen MR) is 129 cm³/mol. The molecule has 1 heterocycles. The number of barbiturate groups is 1. The zero-order chi connectivity index (χ0) is 23.7. The molecule has 3 aromatic carbocycles. The van der Waals surface area contributed by atoms with Crippen molar-refractivity contribution in [1.29, 1.82) is 0 Å². The predicted octanol–water partition coefficient (Wildman–Crippen LogP) is 5.81. The number of nitrogens with zero attached hydrogens (tertiary/aromatic N) is 1. The molecular formula is C25H17BrClFN2O3. The van der Waals surface area contributed by atoms with Crippen LogP contribution in [0.1, 0.15) is 22.3 Å². The van der Waals surface area contributed by atoms with Crippen LogP contribution in [0.3, 0.4) is 0 Å². The summed E-state index contributed by atoms with van der Waals surface area (Å²) in [6.45, 7) is 1.80. The molecule has 1 N–H and O–H groups in total. The second-order valence-corrected chi connectivity index (χ2v) is 8.81. The maximum atomic E-state index is 13.5. The van der Waals surface area contributed by atoms with Gasteiger partial charge in [0.1, 0.15) is 11.4 Å². The molecule has 8 heteroatoms. The SMILES string of the molecule is Cc1ccc(N2C(=O)NC(=O)/C(=C\c3ccc(Cc4cccc(F)c4)c(Br)c3)C2=O)cc1Cl. The van der Waals surface area contributed by atoms with E-state index in [9.17, 15) is 18.8 Å². The summed E-state index contributed by atoms with van der Waals surface area (Å²) in [5.41, 5.74) is 3.18. The number of carbonyl (C=O) groups is 3. The highest BCUT2D eigenvalue weighted by Gasteiger charge is 2.37. The highest BCUT2D eigenvalue weighted by atomic mass is 79.9. The van der Waals surface area contributed by atoms with Gasteiger partial charge in [-0.05, 0) is 72.0 Å². The molecule has 3 aromatic rings. The molecular weight excluding hydrogens is 511 g/mol. The number of hydrogen-bond donors (Lipinski definition) is 1. The van der Waals surface area contributed by atoms with Gasteiger partial charge in [0.25, 0.3) is 11.8 Å². The van der Waals surface area contributed by atoms with Crippen molar-refractivity contribution < 1.29 is 18.8 Å². The molecule has 5 nitrogen and oxygen atoms in total. The molecule has 0 saturated carbocycles. The van der Waals surface area contributed by atoms with Crippen molar-refractivity contribution in [2.45, 2.75) is 13.3 Å². The van der Waals surface area contributed by atoms with Crippen LogP contribution in [0.2, 0.25) is 5.02 Å². The number of amides is 4. The summed E-state index contributed by atoms with van der Waals surface area (Å²) in [6.07, 6.45) is 1.93. The van der Waals surface area contributed by atoms with E-state index in [0.717, 1.165) is 26.1 Å². The Morgan fingerprint density at radius 2 is 1.85 bits per heavy atom. The Bertz CT molecular complexity index is 1340. The molecule has 1 aliphatic rings. The fraction of sp³-hybridized carbons (Fsp3) is 0.0800. The number of halogens is 3. The van der Waals surface area contributed by atoms with Crippen LogP contribution < -0.4 is 10.2 Å². The molecule has 0 aromatic heterocycles. The number of benzene rings is 3. The van der Waals surface area contributed by atoms with Gasteiger partial charge >= 0.3 is 6.03 Å². The van der Waals surface area contributed by atoms with Gasteiger partial charge in [-0.2, -0.15) is 0 Å². The summed E-state index contributed by atoms with van der Waals surface area (Å²) in [5, 5.41) is 2.59. The van der Waals surface area contributed by atoms with Crippen molar-refractivity contribution in [1.82, 2.24) is 5.32 Å². The minimum Gasteiger partial charge on any atom is -0.273 e. The smallest absolute Gasteiger partial charge is 0.273 e. The fourth-order valence-corrected chi connectivity index (χ4v) is 4.15. The summed E-state index contributed by atoms with van der Waals surface area (Å²) in [6, 6.07) is 15.6. The van der Waals surface area contributed by atoms with Crippen LogP contribution in [0.15, 0.2) is 70.7 Å². The Morgan fingerprint density at radius 1 is 1.06 bits per heavy atom. The van der Waals surface area contributed by atoms with E-state index in [1.807, 2.05) is 12.1 Å². The minimum atomic E-state index is -0.839. The Hall–Kier alpha value is -3.29. The van der Waals surface area contributed by atoms with Crippen molar-refractivity contribution >= 4 is 57.1 Å². The highest BCUT2D eigenvalue weighted by Crippen LogP contribution is 2.28. The normalized spacial score (nSPS) is 15.2. The maximum Gasteiger partial charge on any atom is 0.335 e. The Balaban J connectivity index is 1.63. The number of imide groups is 2. The summed E-state index contributed by atoms with van der Waals surface area (Å²) >= 11 is 9.65. The minimum absolute atomic E-state index is 0.184. The monoisotopic (exact) mass is 526 g/mol. The summed E-state index contributed by atoms with van der Waals surface area (Å²) in [7, 11) is 0. The van der Waals surface area contributed by atoms with E-state index in [1.165, 1.54) is 24.3 Å². The van der Waals surface area contributed by atoms with Gasteiger partial charge in [0, 0.05) is 9.50 Å². The number of rotatable bonds is 4. The summed E-state index contributed by atoms with van der Waals surface area (Å²) < 4.78 is 14.2. The van der Waals surface area contributed by atoms with Crippen LogP contribution in [0.4, 0.5) is 14.9 Å². The topological polar surface area (TPSA) is 66.5 Å². The number of anilines is 1. The van der Waals surface area contributed by atoms with E-state index < -0.39 is 17.8 Å². The van der Waals surface area contributed by atoms with Crippen LogP contribution in [-0.4, -0.2) is 17.8 Å². The number of aryl methyl sites for hydroxylation is 1. The molecule has 0 unspecified atom stereocenters. The van der Waals surface area contributed by atoms with E-state index in [2.05, 4.69) is 21.2 Å². The molecule has 33 heavy (non-hydrogen) atoms. The quantitative estimate of drug-likeness (QED) is 0.344. The van der Waals surface area contributed by atoms with Gasteiger partial charge in [-0.25, -0.2) is 14.1 Å². The van der Waals surface area contributed by atoms with Gasteiger partial charge < -0.3 is 0 Å². The zero-order valence-corrected chi connectivity index (χ0v) is 19.7. The molecule has 0 radical (unpaired) electrons. The lowest BCUT2D eigenvalue weighted by molar-refractivity contribution is -0.122. The van der Waals surface area contributed by atoms with Gasteiger partial charge in [0.2, 0.25) is 0 Å². The highest BCUT2D eigenvalue weighted by molar-refractivity contribution is 9.10. The molecule has 0 atom stereocenters. The lowest BCUT2D eigenvalue weighted by Crippen LogP contribution is -2.54. The maximum absolute atomic E-state index is 13.5. The third-order valence-corrected chi connectivity index (χ3v) is 6.33. The van der Waals surface area contributed by atoms with Crippen molar-refractivity contribution in [3.8, 4) is 0 Å². The number of hydrogen-bond acceptors (Lipinski definition) is 3. The van der Waals surface area contributed by atoms with E-state index in [1.54, 1.807) is 37.3 Å². The summed E-state index contributed by atoms with van der Waals surface area (Å²) in [5.74, 6) is -1.83. The van der Waals surface area contributed by atoms with Crippen LogP contribution in [0.25, 0.3) is 6.08 Å². The number of carbonyl (C=O) groups excluding carboxylic acids is 3. The molecule has 1 fully saturated rings. The Morgan fingerprint density at radius 3 is 2.55 bits per heavy atom. The number of urea groups is 1. The average molecular weight is 528 g/mol. The molecule has 166 valence electrons. The fourth-order valence-electron chi connectivity index (χ4n) is 3.44. The van der Waals surface area contributed by atoms with Gasteiger partial charge in [-0.15, -0.1) is 0 Å². The molecule has 4 rings (SSSR count). The van der Waals surface area contributed by atoms with Gasteiger partial charge in [0.15, 0.2) is 0 Å². The van der Waals surface area contributed by atoms with Crippen LogP contribution in [0.5, 0.6) is 0 Å². The molecule has 0 aliphatic carbocycles. The van der Waals surface area contributed by atoms with Crippen molar-refractivity contribution in [3.05, 3.63) is 104 Å². The first-order valence-electron chi connectivity index (χ1n) is 9.93. The Labute approximate surface area is 203 Å². The average Bonchev–Trinajstić information content (AvgIpc) is 2.75. The van der Waals surface area contributed by atoms with E-state index in [0.29, 0.717) is 17.0 Å². The molecule has 1 saturated heterocycles. The molecule has 0 bridgehead atoms. The van der Waals surface area contributed by atoms with Gasteiger partial charge in [-0.1, -0.05) is 57.9 Å². The van der Waals surface area contributed by atoms with Gasteiger partial charge in [-0.3, -0.25) is 14.9 Å². The third kappa shape index (κ3) is 4.89. The van der Waals surface area contributed by atoms with Crippen LogP contribution >= 0.6 is 27.5 Å². The molecule has 4 amide bonds. The van der Waals surface area contributed by atoms with E-state index in [4.69, 9.17) is 11.6 Å². The van der Waals surface area contributed by atoms with Crippen LogP contribution in [-0.2, 0) is 16.0 Å². The third-order valence-electron chi connectivity index (χ3n) is 5.19. The largest absolute Gasteiger partial charge is 0.335 e. The van der Waals surface area contributed by atoms with Crippen molar-refractivity contribution in [3.63, 3.8) is 0 Å². The second kappa shape index (κ2) is 9.29. The number of nitrogens with one attached hydrogen (secondary N) is 1. The second-order valence-electron chi connectivity index (χ2n) is 7.55. The van der Waals surface area contributed by atoms with Crippen molar-refractivity contribution in [2.24, 2.45) is 0 Å². The lowest BCUT2D eigenvalue weighted by Gasteiger charge is -2.26.